The molecule has 3 heterocycles. The van der Waals surface area contributed by atoms with Gasteiger partial charge in [0.2, 0.25) is 0 Å². The number of benzene rings is 3. The zero-order chi connectivity index (χ0) is 31.3. The fraction of sp³-hybridized carbons (Fsp3) is 0.0789. The Bertz CT molecular complexity index is 1980. The lowest BCUT2D eigenvalue weighted by molar-refractivity contribution is 0.0954. The largest absolute Gasteiger partial charge is 0.463 e. The molecule has 220 valence electrons. The fourth-order valence-corrected chi connectivity index (χ4v) is 5.04. The van der Waals surface area contributed by atoms with Gasteiger partial charge in [0.25, 0.3) is 5.91 Å². The van der Waals surface area contributed by atoms with E-state index in [0.29, 0.717) is 47.1 Å². The lowest BCUT2D eigenvalue weighted by Crippen LogP contribution is -2.32. The molecule has 7 heteroatoms. The van der Waals surface area contributed by atoms with Gasteiger partial charge in [-0.1, -0.05) is 49.6 Å². The summed E-state index contributed by atoms with van der Waals surface area (Å²) in [4.78, 5) is 17.7. The third kappa shape index (κ3) is 6.46. The van der Waals surface area contributed by atoms with Crippen LogP contribution in [0, 0.1) is 18.3 Å². The van der Waals surface area contributed by atoms with Gasteiger partial charge in [-0.2, -0.15) is 5.26 Å². The molecule has 0 saturated heterocycles. The Kier molecular flexibility index (Phi) is 8.12. The van der Waals surface area contributed by atoms with E-state index in [-0.39, 0.29) is 5.91 Å². The molecule has 3 aromatic carbocycles. The van der Waals surface area contributed by atoms with Crippen molar-refractivity contribution in [1.82, 2.24) is 15.6 Å². The van der Waals surface area contributed by atoms with Crippen LogP contribution < -0.4 is 15.4 Å². The molecule has 0 bridgehead atoms. The topological polar surface area (TPSA) is 100 Å². The first kappa shape index (κ1) is 29.0. The van der Waals surface area contributed by atoms with E-state index in [1.165, 1.54) is 0 Å². The lowest BCUT2D eigenvalue weighted by atomic mass is 10.00. The molecule has 0 aliphatic carbocycles. The quantitative estimate of drug-likeness (QED) is 0.171. The lowest BCUT2D eigenvalue weighted by Gasteiger charge is -2.22. The number of aromatic nitrogens is 1. The number of nitrogens with zero attached hydrogens (tertiary/aromatic N) is 2. The molecule has 7 nitrogen and oxygen atoms in total. The molecular formula is C38H30N4O3. The average Bonchev–Trinajstić information content (AvgIpc) is 3.61. The Morgan fingerprint density at radius 1 is 0.889 bits per heavy atom. The zero-order valence-electron chi connectivity index (χ0n) is 24.8. The number of amides is 1. The van der Waals surface area contributed by atoms with Gasteiger partial charge in [-0.25, -0.2) is 4.98 Å². The zero-order valence-corrected chi connectivity index (χ0v) is 24.8. The molecule has 0 spiro atoms. The number of carbonyl (C=O) groups excluding carboxylic acids is 1. The molecule has 0 saturated carbocycles. The first-order valence-electron chi connectivity index (χ1n) is 14.5. The number of hydrogen-bond donors (Lipinski definition) is 2. The first-order chi connectivity index (χ1) is 21.9. The van der Waals surface area contributed by atoms with E-state index >= 15 is 0 Å². The second-order valence-electron chi connectivity index (χ2n) is 10.7. The van der Waals surface area contributed by atoms with Gasteiger partial charge < -0.3 is 19.8 Å². The molecule has 1 aliphatic rings. The number of carbonyl (C=O) groups is 1. The molecule has 5 aromatic rings. The Balaban J connectivity index is 1.10. The van der Waals surface area contributed by atoms with Gasteiger partial charge in [-0.15, -0.1) is 0 Å². The van der Waals surface area contributed by atoms with Crippen LogP contribution in [0.5, 0.6) is 5.75 Å². The van der Waals surface area contributed by atoms with Gasteiger partial charge in [0.1, 0.15) is 17.2 Å². The molecule has 45 heavy (non-hydrogen) atoms. The predicted octanol–water partition coefficient (Wildman–Crippen LogP) is 7.68. The van der Waals surface area contributed by atoms with Gasteiger partial charge in [0, 0.05) is 41.1 Å². The summed E-state index contributed by atoms with van der Waals surface area (Å²) in [6, 6.07) is 30.5. The van der Waals surface area contributed by atoms with Crippen molar-refractivity contribution in [3.05, 3.63) is 150 Å². The van der Waals surface area contributed by atoms with Gasteiger partial charge in [-0.05, 0) is 84.3 Å². The van der Waals surface area contributed by atoms with Crippen molar-refractivity contribution in [2.45, 2.75) is 6.92 Å². The summed E-state index contributed by atoms with van der Waals surface area (Å²) in [5.74, 6) is 1.79. The smallest absolute Gasteiger partial charge is 0.251 e. The van der Waals surface area contributed by atoms with E-state index in [0.717, 1.165) is 44.8 Å². The van der Waals surface area contributed by atoms with Crippen molar-refractivity contribution in [3.63, 3.8) is 0 Å². The van der Waals surface area contributed by atoms with Gasteiger partial charge in [-0.3, -0.25) is 4.79 Å². The molecule has 0 fully saturated rings. The summed E-state index contributed by atoms with van der Waals surface area (Å²) in [5.41, 5.74) is 8.85. The minimum absolute atomic E-state index is 0.174. The Morgan fingerprint density at radius 3 is 2.36 bits per heavy atom. The van der Waals surface area contributed by atoms with Crippen LogP contribution in [0.25, 0.3) is 39.9 Å². The van der Waals surface area contributed by atoms with Gasteiger partial charge in [0.05, 0.1) is 23.6 Å². The van der Waals surface area contributed by atoms with Crippen molar-refractivity contribution in [2.24, 2.45) is 0 Å². The van der Waals surface area contributed by atoms with Crippen LogP contribution in [0.1, 0.15) is 27.0 Å². The SMILES string of the molecule is C=C(NCCNC(=O)c1ccc(-c2cc(-c3ccc(C#N)cc3)nc(-c3ccco3)c2)cc1)C1=Cc2ccc(C)cc2OC1=C. The highest BCUT2D eigenvalue weighted by Crippen LogP contribution is 2.34. The molecular weight excluding hydrogens is 560 g/mol. The van der Waals surface area contributed by atoms with Gasteiger partial charge >= 0.3 is 0 Å². The maximum Gasteiger partial charge on any atom is 0.251 e. The Labute approximate surface area is 261 Å². The summed E-state index contributed by atoms with van der Waals surface area (Å²) in [6.07, 6.45) is 3.62. The Hall–Kier alpha value is -6.13. The van der Waals surface area contributed by atoms with Gasteiger partial charge in [0.15, 0.2) is 5.76 Å². The van der Waals surface area contributed by atoms with Crippen LogP contribution in [0.3, 0.4) is 0 Å². The average molecular weight is 591 g/mol. The second kappa shape index (κ2) is 12.6. The van der Waals surface area contributed by atoms with Crippen molar-refractivity contribution < 1.29 is 13.9 Å². The van der Waals surface area contributed by atoms with E-state index < -0.39 is 0 Å². The summed E-state index contributed by atoms with van der Waals surface area (Å²) in [6.45, 7) is 11.1. The van der Waals surface area contributed by atoms with E-state index in [9.17, 15) is 10.1 Å². The molecule has 1 aliphatic heterocycles. The molecule has 0 radical (unpaired) electrons. The minimum atomic E-state index is -0.174. The molecule has 2 N–H and O–H groups in total. The Morgan fingerprint density at radius 2 is 1.62 bits per heavy atom. The highest BCUT2D eigenvalue weighted by molar-refractivity contribution is 5.94. The third-order valence-corrected chi connectivity index (χ3v) is 7.47. The van der Waals surface area contributed by atoms with Crippen molar-refractivity contribution in [1.29, 1.82) is 5.26 Å². The number of nitrogens with one attached hydrogen (secondary N) is 2. The van der Waals surface area contributed by atoms with Crippen molar-refractivity contribution >= 4 is 12.0 Å². The summed E-state index contributed by atoms with van der Waals surface area (Å²) >= 11 is 0. The highest BCUT2D eigenvalue weighted by Gasteiger charge is 2.18. The third-order valence-electron chi connectivity index (χ3n) is 7.47. The van der Waals surface area contributed by atoms with E-state index in [1.54, 1.807) is 30.5 Å². The van der Waals surface area contributed by atoms with Crippen LogP contribution in [0.4, 0.5) is 0 Å². The normalized spacial score (nSPS) is 11.9. The number of pyridine rings is 1. The number of fused-ring (bicyclic) bond motifs is 1. The van der Waals surface area contributed by atoms with Crippen molar-refractivity contribution in [3.8, 4) is 45.7 Å². The van der Waals surface area contributed by atoms with Crippen LogP contribution in [0.2, 0.25) is 0 Å². The standard InChI is InChI=1S/C38H30N4O3/c1-24-6-9-31-20-33(26(3)45-37(31)19-24)25(2)40-16-17-41-38(43)30-14-12-28(13-15-30)32-21-34(29-10-7-27(23-39)8-11-29)42-35(22-32)36-5-4-18-44-36/h4-15,18-22,40H,2-3,16-17H2,1H3,(H,41,43). The molecule has 6 rings (SSSR count). The number of ether oxygens (including phenoxy) is 1. The maximum absolute atomic E-state index is 12.9. The molecule has 0 unspecified atom stereocenters. The monoisotopic (exact) mass is 590 g/mol. The molecule has 1 amide bonds. The van der Waals surface area contributed by atoms with Crippen LogP contribution in [-0.4, -0.2) is 24.0 Å². The summed E-state index contributed by atoms with van der Waals surface area (Å²) in [5, 5.41) is 15.4. The second-order valence-corrected chi connectivity index (χ2v) is 10.7. The van der Waals surface area contributed by atoms with E-state index in [2.05, 4.69) is 29.9 Å². The summed E-state index contributed by atoms with van der Waals surface area (Å²) < 4.78 is 11.5. The van der Waals surface area contributed by atoms with E-state index in [1.807, 2.05) is 79.7 Å². The van der Waals surface area contributed by atoms with Crippen LogP contribution in [0.15, 0.2) is 132 Å². The number of hydrogen-bond acceptors (Lipinski definition) is 6. The molecule has 2 aromatic heterocycles. The first-order valence-corrected chi connectivity index (χ1v) is 14.5. The number of rotatable bonds is 9. The minimum Gasteiger partial charge on any atom is -0.463 e. The van der Waals surface area contributed by atoms with E-state index in [4.69, 9.17) is 14.1 Å². The summed E-state index contributed by atoms with van der Waals surface area (Å²) in [7, 11) is 0. The maximum atomic E-state index is 12.9. The number of aryl methyl sites for hydroxylation is 1. The predicted molar refractivity (Wildman–Crippen MR) is 176 cm³/mol. The number of nitriles is 1. The molecule has 0 atom stereocenters. The van der Waals surface area contributed by atoms with Crippen LogP contribution >= 0.6 is 0 Å². The highest BCUT2D eigenvalue weighted by atomic mass is 16.5. The van der Waals surface area contributed by atoms with Crippen LogP contribution in [-0.2, 0) is 0 Å². The fourth-order valence-electron chi connectivity index (χ4n) is 5.04. The van der Waals surface area contributed by atoms with Crippen molar-refractivity contribution in [2.75, 3.05) is 13.1 Å². The number of furan rings is 1.